The molecule has 0 radical (unpaired) electrons. The number of aromatic nitrogens is 5. The van der Waals surface area contributed by atoms with Crippen LogP contribution in [0.1, 0.15) is 17.0 Å². The van der Waals surface area contributed by atoms with Crippen molar-refractivity contribution in [3.8, 4) is 11.8 Å². The predicted octanol–water partition coefficient (Wildman–Crippen LogP) is 2.58. The van der Waals surface area contributed by atoms with E-state index in [0.29, 0.717) is 24.5 Å². The molecule has 1 aromatic carbocycles. The molecular formula is C17H18N6OS. The third-order valence-electron chi connectivity index (χ3n) is 3.72. The van der Waals surface area contributed by atoms with Crippen molar-refractivity contribution in [3.63, 3.8) is 0 Å². The van der Waals surface area contributed by atoms with Crippen molar-refractivity contribution in [2.75, 3.05) is 13.7 Å². The molecule has 0 aliphatic rings. The highest BCUT2D eigenvalue weighted by molar-refractivity contribution is 7.98. The molecule has 0 bridgehead atoms. The van der Waals surface area contributed by atoms with Gasteiger partial charge in [-0.05, 0) is 19.1 Å². The first-order chi connectivity index (χ1) is 12.2. The minimum absolute atomic E-state index is 0.574. The predicted molar refractivity (Wildman–Crippen MR) is 94.5 cm³/mol. The lowest BCUT2D eigenvalue weighted by atomic mass is 10.2. The molecule has 128 valence electrons. The Hall–Kier alpha value is -2.63. The van der Waals surface area contributed by atoms with Crippen molar-refractivity contribution in [1.29, 1.82) is 5.26 Å². The maximum Gasteiger partial charge on any atom is 0.191 e. The van der Waals surface area contributed by atoms with E-state index in [1.807, 2.05) is 46.5 Å². The smallest absolute Gasteiger partial charge is 0.191 e. The molecule has 0 aliphatic heterocycles. The lowest BCUT2D eigenvalue weighted by Crippen LogP contribution is -2.05. The van der Waals surface area contributed by atoms with E-state index in [0.717, 1.165) is 22.2 Å². The first-order valence-corrected chi connectivity index (χ1v) is 8.76. The zero-order valence-electron chi connectivity index (χ0n) is 14.1. The number of rotatable bonds is 7. The number of nitriles is 1. The van der Waals surface area contributed by atoms with Crippen LogP contribution in [0, 0.1) is 18.3 Å². The van der Waals surface area contributed by atoms with E-state index in [4.69, 9.17) is 4.74 Å². The molecule has 0 spiro atoms. The van der Waals surface area contributed by atoms with E-state index < -0.39 is 0 Å². The van der Waals surface area contributed by atoms with Gasteiger partial charge in [0.2, 0.25) is 0 Å². The molecule has 2 heterocycles. The zero-order valence-corrected chi connectivity index (χ0v) is 14.9. The molecule has 7 nitrogen and oxygen atoms in total. The number of para-hydroxylation sites is 1. The summed E-state index contributed by atoms with van der Waals surface area (Å²) in [6.07, 6.45) is 1.69. The standard InChI is InChI=1S/C17H18N6OS/c1-13-15(10-18)16(23(21-13)14-6-4-3-5-7-14)11-25-17-20-19-12-22(17)8-9-24-2/h3-7,12H,8-9,11H2,1-2H3. The number of methoxy groups -OCH3 is 1. The minimum atomic E-state index is 0.574. The quantitative estimate of drug-likeness (QED) is 0.607. The average molecular weight is 354 g/mol. The second kappa shape index (κ2) is 7.96. The lowest BCUT2D eigenvalue weighted by Gasteiger charge is -2.08. The number of nitrogens with zero attached hydrogens (tertiary/aromatic N) is 6. The molecule has 0 aliphatic carbocycles. The molecule has 0 atom stereocenters. The second-order valence-corrected chi connectivity index (χ2v) is 6.30. The zero-order chi connectivity index (χ0) is 17.6. The Morgan fingerprint density at radius 3 is 2.80 bits per heavy atom. The van der Waals surface area contributed by atoms with Crippen LogP contribution in [0.2, 0.25) is 0 Å². The normalized spacial score (nSPS) is 10.8. The molecule has 0 N–H and O–H groups in total. The van der Waals surface area contributed by atoms with Crippen molar-refractivity contribution < 1.29 is 4.74 Å². The van der Waals surface area contributed by atoms with E-state index in [2.05, 4.69) is 21.4 Å². The van der Waals surface area contributed by atoms with Gasteiger partial charge in [-0.15, -0.1) is 10.2 Å². The molecule has 25 heavy (non-hydrogen) atoms. The van der Waals surface area contributed by atoms with Crippen molar-refractivity contribution >= 4 is 11.8 Å². The van der Waals surface area contributed by atoms with Gasteiger partial charge in [-0.25, -0.2) is 4.68 Å². The van der Waals surface area contributed by atoms with Gasteiger partial charge in [0.05, 0.1) is 29.2 Å². The molecule has 0 saturated heterocycles. The summed E-state index contributed by atoms with van der Waals surface area (Å²) in [6.45, 7) is 3.14. The van der Waals surface area contributed by atoms with Gasteiger partial charge in [0.15, 0.2) is 5.16 Å². The van der Waals surface area contributed by atoms with Crippen molar-refractivity contribution in [3.05, 3.63) is 53.6 Å². The van der Waals surface area contributed by atoms with Crippen LogP contribution in [-0.4, -0.2) is 38.3 Å². The van der Waals surface area contributed by atoms with Crippen LogP contribution in [0.5, 0.6) is 0 Å². The second-order valence-electron chi connectivity index (χ2n) is 5.35. The Morgan fingerprint density at radius 1 is 1.28 bits per heavy atom. The SMILES string of the molecule is COCCn1cnnc1SCc1c(C#N)c(C)nn1-c1ccccc1. The molecule has 0 amide bonds. The maximum absolute atomic E-state index is 9.53. The summed E-state index contributed by atoms with van der Waals surface area (Å²) in [5.41, 5.74) is 3.13. The van der Waals surface area contributed by atoms with E-state index in [9.17, 15) is 5.26 Å². The number of hydrogen-bond acceptors (Lipinski definition) is 6. The summed E-state index contributed by atoms with van der Waals surface area (Å²) in [5.74, 6) is 0.574. The number of aryl methyl sites for hydroxylation is 1. The fraction of sp³-hybridized carbons (Fsp3) is 0.294. The Kier molecular flexibility index (Phi) is 5.48. The molecule has 2 aromatic heterocycles. The molecule has 0 saturated carbocycles. The van der Waals surface area contributed by atoms with Gasteiger partial charge >= 0.3 is 0 Å². The van der Waals surface area contributed by atoms with Crippen LogP contribution in [0.15, 0.2) is 41.8 Å². The summed E-state index contributed by atoms with van der Waals surface area (Å²) >= 11 is 1.53. The first-order valence-electron chi connectivity index (χ1n) is 7.78. The molecule has 3 rings (SSSR count). The van der Waals surface area contributed by atoms with Crippen LogP contribution < -0.4 is 0 Å². The third kappa shape index (κ3) is 3.73. The Bertz CT molecular complexity index is 880. The Labute approximate surface area is 150 Å². The van der Waals surface area contributed by atoms with Crippen molar-refractivity contribution in [2.45, 2.75) is 24.4 Å². The van der Waals surface area contributed by atoms with Crippen LogP contribution in [-0.2, 0) is 17.0 Å². The minimum Gasteiger partial charge on any atom is -0.383 e. The highest BCUT2D eigenvalue weighted by Gasteiger charge is 2.17. The fourth-order valence-electron chi connectivity index (χ4n) is 2.47. The van der Waals surface area contributed by atoms with E-state index in [1.54, 1.807) is 13.4 Å². The lowest BCUT2D eigenvalue weighted by molar-refractivity contribution is 0.184. The summed E-state index contributed by atoms with van der Waals surface area (Å²) in [7, 11) is 1.66. The number of benzene rings is 1. The van der Waals surface area contributed by atoms with Gasteiger partial charge in [-0.3, -0.25) is 0 Å². The largest absolute Gasteiger partial charge is 0.383 e. The Morgan fingerprint density at radius 2 is 2.08 bits per heavy atom. The average Bonchev–Trinajstić information content (AvgIpc) is 3.22. The van der Waals surface area contributed by atoms with E-state index in [-0.39, 0.29) is 0 Å². The maximum atomic E-state index is 9.53. The molecular weight excluding hydrogens is 336 g/mol. The van der Waals surface area contributed by atoms with E-state index in [1.165, 1.54) is 11.8 Å². The summed E-state index contributed by atoms with van der Waals surface area (Å²) in [6, 6.07) is 12.1. The van der Waals surface area contributed by atoms with Crippen LogP contribution in [0.4, 0.5) is 0 Å². The number of hydrogen-bond donors (Lipinski definition) is 0. The third-order valence-corrected chi connectivity index (χ3v) is 4.72. The molecule has 0 unspecified atom stereocenters. The van der Waals surface area contributed by atoms with E-state index >= 15 is 0 Å². The molecule has 8 heteroatoms. The topological polar surface area (TPSA) is 81.6 Å². The molecule has 3 aromatic rings. The van der Waals surface area contributed by atoms with Gasteiger partial charge in [0.1, 0.15) is 12.4 Å². The fourth-order valence-corrected chi connectivity index (χ4v) is 3.41. The van der Waals surface area contributed by atoms with Crippen LogP contribution in [0.3, 0.4) is 0 Å². The van der Waals surface area contributed by atoms with Gasteiger partial charge < -0.3 is 9.30 Å². The monoisotopic (exact) mass is 354 g/mol. The molecule has 0 fully saturated rings. The van der Waals surface area contributed by atoms with Gasteiger partial charge in [-0.1, -0.05) is 30.0 Å². The van der Waals surface area contributed by atoms with Crippen LogP contribution >= 0.6 is 11.8 Å². The summed E-state index contributed by atoms with van der Waals surface area (Å²) in [4.78, 5) is 0. The number of ether oxygens (including phenoxy) is 1. The first kappa shape index (κ1) is 17.2. The number of thioether (sulfide) groups is 1. The Balaban J connectivity index is 1.88. The van der Waals surface area contributed by atoms with Gasteiger partial charge in [-0.2, -0.15) is 10.4 Å². The van der Waals surface area contributed by atoms with Gasteiger partial charge in [0.25, 0.3) is 0 Å². The van der Waals surface area contributed by atoms with Crippen molar-refractivity contribution in [2.24, 2.45) is 0 Å². The summed E-state index contributed by atoms with van der Waals surface area (Å²) in [5, 5.41) is 23.0. The summed E-state index contributed by atoms with van der Waals surface area (Å²) < 4.78 is 8.88. The van der Waals surface area contributed by atoms with Crippen LogP contribution in [0.25, 0.3) is 5.69 Å². The highest BCUT2D eigenvalue weighted by atomic mass is 32.2. The highest BCUT2D eigenvalue weighted by Crippen LogP contribution is 2.26. The van der Waals surface area contributed by atoms with Gasteiger partial charge in [0, 0.05) is 19.4 Å². The van der Waals surface area contributed by atoms with Crippen molar-refractivity contribution in [1.82, 2.24) is 24.5 Å².